The summed E-state index contributed by atoms with van der Waals surface area (Å²) in [6, 6.07) is 3.34. The topological polar surface area (TPSA) is 12.0 Å². The molecule has 2 rings (SSSR count). The van der Waals surface area contributed by atoms with Crippen molar-refractivity contribution in [1.29, 1.82) is 0 Å². The van der Waals surface area contributed by atoms with Crippen LogP contribution in [0.2, 0.25) is 5.02 Å². The number of rotatable bonds is 1. The summed E-state index contributed by atoms with van der Waals surface area (Å²) in [4.78, 5) is 0. The number of halogens is 2. The van der Waals surface area contributed by atoms with Gasteiger partial charge in [0.15, 0.2) is 0 Å². The predicted molar refractivity (Wildman–Crippen MR) is 61.0 cm³/mol. The van der Waals surface area contributed by atoms with Gasteiger partial charge in [-0.05, 0) is 62.0 Å². The third-order valence-electron chi connectivity index (χ3n) is 3.09. The molecule has 15 heavy (non-hydrogen) atoms. The van der Waals surface area contributed by atoms with Gasteiger partial charge in [-0.3, -0.25) is 0 Å². The first-order valence-electron chi connectivity index (χ1n) is 5.34. The Labute approximate surface area is 94.6 Å². The zero-order valence-corrected chi connectivity index (χ0v) is 9.57. The first kappa shape index (κ1) is 10.9. The molecule has 0 aliphatic carbocycles. The van der Waals surface area contributed by atoms with Gasteiger partial charge in [0.2, 0.25) is 0 Å². The molecule has 1 fully saturated rings. The predicted octanol–water partition coefficient (Wildman–Crippen LogP) is 3.25. The maximum Gasteiger partial charge on any atom is 0.142 e. The van der Waals surface area contributed by atoms with Crippen LogP contribution in [0.5, 0.6) is 0 Å². The van der Waals surface area contributed by atoms with Crippen LogP contribution in [0.4, 0.5) is 4.39 Å². The summed E-state index contributed by atoms with van der Waals surface area (Å²) in [7, 11) is 0. The van der Waals surface area contributed by atoms with Gasteiger partial charge in [-0.25, -0.2) is 4.39 Å². The molecule has 0 bridgehead atoms. The quantitative estimate of drug-likeness (QED) is 0.777. The fourth-order valence-corrected chi connectivity index (χ4v) is 2.41. The van der Waals surface area contributed by atoms with Gasteiger partial charge in [-0.15, -0.1) is 0 Å². The summed E-state index contributed by atoms with van der Waals surface area (Å²) in [5.74, 6) is 0.219. The van der Waals surface area contributed by atoms with Crippen LogP contribution in [0.25, 0.3) is 0 Å². The van der Waals surface area contributed by atoms with Crippen LogP contribution < -0.4 is 5.32 Å². The molecule has 1 N–H and O–H groups in total. The Kier molecular flexibility index (Phi) is 3.27. The molecule has 1 saturated heterocycles. The van der Waals surface area contributed by atoms with Crippen molar-refractivity contribution in [2.45, 2.75) is 25.7 Å². The van der Waals surface area contributed by atoms with E-state index in [1.165, 1.54) is 5.56 Å². The fourth-order valence-electron chi connectivity index (χ4n) is 2.23. The second-order valence-corrected chi connectivity index (χ2v) is 4.55. The summed E-state index contributed by atoms with van der Waals surface area (Å²) < 4.78 is 13.2. The molecule has 0 radical (unpaired) electrons. The summed E-state index contributed by atoms with van der Waals surface area (Å²) in [6.07, 6.45) is 2.23. The monoisotopic (exact) mass is 227 g/mol. The lowest BCUT2D eigenvalue weighted by atomic mass is 9.87. The van der Waals surface area contributed by atoms with Gasteiger partial charge < -0.3 is 5.32 Å². The average Bonchev–Trinajstić information content (AvgIpc) is 2.25. The molecule has 3 heteroatoms. The van der Waals surface area contributed by atoms with Gasteiger partial charge in [0, 0.05) is 0 Å². The Hall–Kier alpha value is -0.600. The standard InChI is InChI=1S/C12H15ClFN/c1-8-6-12(14)11(13)7-10(8)9-2-4-15-5-3-9/h6-7,9,15H,2-5H2,1H3. The zero-order valence-electron chi connectivity index (χ0n) is 8.82. The van der Waals surface area contributed by atoms with Crippen LogP contribution in [0.15, 0.2) is 12.1 Å². The zero-order chi connectivity index (χ0) is 10.8. The molecule has 0 saturated carbocycles. The van der Waals surface area contributed by atoms with Crippen molar-refractivity contribution in [2.75, 3.05) is 13.1 Å². The van der Waals surface area contributed by atoms with Gasteiger partial charge in [-0.2, -0.15) is 0 Å². The second kappa shape index (κ2) is 4.50. The Morgan fingerprint density at radius 2 is 2.00 bits per heavy atom. The van der Waals surface area contributed by atoms with Crippen molar-refractivity contribution in [1.82, 2.24) is 5.32 Å². The minimum absolute atomic E-state index is 0.245. The summed E-state index contributed by atoms with van der Waals surface area (Å²) in [5, 5.41) is 3.57. The van der Waals surface area contributed by atoms with Crippen LogP contribution >= 0.6 is 11.6 Å². The lowest BCUT2D eigenvalue weighted by Crippen LogP contribution is -2.27. The van der Waals surface area contributed by atoms with Gasteiger partial charge in [0.1, 0.15) is 5.82 Å². The molecule has 1 aliphatic rings. The van der Waals surface area contributed by atoms with Gasteiger partial charge in [-0.1, -0.05) is 11.6 Å². The van der Waals surface area contributed by atoms with Gasteiger partial charge in [0.25, 0.3) is 0 Å². The first-order valence-corrected chi connectivity index (χ1v) is 5.72. The minimum atomic E-state index is -0.313. The van der Waals surface area contributed by atoms with E-state index in [1.54, 1.807) is 12.1 Å². The third-order valence-corrected chi connectivity index (χ3v) is 3.38. The van der Waals surface area contributed by atoms with Crippen LogP contribution in [0.1, 0.15) is 29.9 Å². The van der Waals surface area contributed by atoms with Crippen LogP contribution in [-0.4, -0.2) is 13.1 Å². The van der Waals surface area contributed by atoms with E-state index in [2.05, 4.69) is 5.32 Å². The van der Waals surface area contributed by atoms with Crippen molar-refractivity contribution in [3.63, 3.8) is 0 Å². The fraction of sp³-hybridized carbons (Fsp3) is 0.500. The van der Waals surface area contributed by atoms with E-state index >= 15 is 0 Å². The molecule has 1 nitrogen and oxygen atoms in total. The molecule has 1 aliphatic heterocycles. The Morgan fingerprint density at radius 1 is 1.33 bits per heavy atom. The highest BCUT2D eigenvalue weighted by atomic mass is 35.5. The molecule has 0 atom stereocenters. The molecular formula is C12H15ClFN. The highest BCUT2D eigenvalue weighted by Gasteiger charge is 2.18. The van der Waals surface area contributed by atoms with Crippen LogP contribution in [0.3, 0.4) is 0 Å². The number of aryl methyl sites for hydroxylation is 1. The number of piperidine rings is 1. The van der Waals surface area contributed by atoms with Crippen molar-refractivity contribution in [2.24, 2.45) is 0 Å². The molecule has 0 aromatic heterocycles. The summed E-state index contributed by atoms with van der Waals surface area (Å²) >= 11 is 5.81. The van der Waals surface area contributed by atoms with Crippen LogP contribution in [-0.2, 0) is 0 Å². The number of hydrogen-bond acceptors (Lipinski definition) is 1. The molecule has 1 heterocycles. The van der Waals surface area contributed by atoms with Crippen molar-refractivity contribution in [3.8, 4) is 0 Å². The van der Waals surface area contributed by atoms with E-state index in [1.807, 2.05) is 6.92 Å². The highest BCUT2D eigenvalue weighted by Crippen LogP contribution is 2.31. The molecular weight excluding hydrogens is 213 g/mol. The molecule has 1 aromatic rings. The maximum absolute atomic E-state index is 13.2. The number of nitrogens with one attached hydrogen (secondary N) is 1. The van der Waals surface area contributed by atoms with Gasteiger partial charge >= 0.3 is 0 Å². The third kappa shape index (κ3) is 2.32. The maximum atomic E-state index is 13.2. The van der Waals surface area contributed by atoms with E-state index < -0.39 is 0 Å². The highest BCUT2D eigenvalue weighted by molar-refractivity contribution is 6.30. The Bertz CT molecular complexity index is 359. The van der Waals surface area contributed by atoms with Crippen LogP contribution in [0, 0.1) is 12.7 Å². The largest absolute Gasteiger partial charge is 0.317 e. The summed E-state index contributed by atoms with van der Waals surface area (Å²) in [6.45, 7) is 4.04. The van der Waals surface area contributed by atoms with E-state index in [0.717, 1.165) is 31.5 Å². The number of hydrogen-bond donors (Lipinski definition) is 1. The van der Waals surface area contributed by atoms with E-state index in [0.29, 0.717) is 5.92 Å². The lowest BCUT2D eigenvalue weighted by molar-refractivity contribution is 0.458. The Morgan fingerprint density at radius 3 is 2.67 bits per heavy atom. The van der Waals surface area contributed by atoms with Crippen molar-refractivity contribution in [3.05, 3.63) is 34.1 Å². The SMILES string of the molecule is Cc1cc(F)c(Cl)cc1C1CCNCC1. The number of benzene rings is 1. The Balaban J connectivity index is 2.30. The molecule has 82 valence electrons. The van der Waals surface area contributed by atoms with E-state index in [-0.39, 0.29) is 10.8 Å². The molecule has 0 amide bonds. The first-order chi connectivity index (χ1) is 7.18. The molecule has 0 spiro atoms. The lowest BCUT2D eigenvalue weighted by Gasteiger charge is -2.24. The minimum Gasteiger partial charge on any atom is -0.317 e. The van der Waals surface area contributed by atoms with E-state index in [4.69, 9.17) is 11.6 Å². The average molecular weight is 228 g/mol. The smallest absolute Gasteiger partial charge is 0.142 e. The van der Waals surface area contributed by atoms with Gasteiger partial charge in [0.05, 0.1) is 5.02 Å². The molecule has 1 aromatic carbocycles. The summed E-state index contributed by atoms with van der Waals surface area (Å²) in [5.41, 5.74) is 2.23. The van der Waals surface area contributed by atoms with E-state index in [9.17, 15) is 4.39 Å². The second-order valence-electron chi connectivity index (χ2n) is 4.15. The van der Waals surface area contributed by atoms with Crippen molar-refractivity contribution < 1.29 is 4.39 Å². The normalized spacial score (nSPS) is 18.1. The molecule has 0 unspecified atom stereocenters. The van der Waals surface area contributed by atoms with Crippen molar-refractivity contribution >= 4 is 11.6 Å².